The smallest absolute Gasteiger partial charge is 0.251 e. The summed E-state index contributed by atoms with van der Waals surface area (Å²) in [4.78, 5) is 21.4. The molecule has 1 aromatic rings. The quantitative estimate of drug-likeness (QED) is 0.747. The summed E-state index contributed by atoms with van der Waals surface area (Å²) in [5.41, 5.74) is 1.41. The van der Waals surface area contributed by atoms with E-state index in [-0.39, 0.29) is 12.5 Å². The minimum atomic E-state index is -0.139. The maximum absolute atomic E-state index is 11.3. The van der Waals surface area contributed by atoms with Gasteiger partial charge in [0.2, 0.25) is 0 Å². The van der Waals surface area contributed by atoms with Crippen LogP contribution in [0.1, 0.15) is 15.9 Å². The largest absolute Gasteiger partial charge is 0.486 e. The molecule has 0 bridgehead atoms. The fraction of sp³-hybridized carbons (Fsp3) is 0.273. The predicted octanol–water partition coefficient (Wildman–Crippen LogP) is 0.932. The highest BCUT2D eigenvalue weighted by Crippen LogP contribution is 2.18. The van der Waals surface area contributed by atoms with E-state index in [1.165, 1.54) is 0 Å². The highest BCUT2D eigenvalue weighted by atomic mass is 16.5. The third kappa shape index (κ3) is 2.80. The van der Waals surface area contributed by atoms with Gasteiger partial charge in [-0.15, -0.1) is 0 Å². The van der Waals surface area contributed by atoms with Gasteiger partial charge in [-0.2, -0.15) is 0 Å². The number of benzene rings is 1. The lowest BCUT2D eigenvalue weighted by atomic mass is 10.1. The van der Waals surface area contributed by atoms with Crippen molar-refractivity contribution in [2.45, 2.75) is 6.92 Å². The molecular formula is C11H13NO3. The normalized spacial score (nSPS) is 9.47. The van der Waals surface area contributed by atoms with E-state index in [0.717, 1.165) is 5.56 Å². The van der Waals surface area contributed by atoms with Crippen molar-refractivity contribution < 1.29 is 14.3 Å². The Morgan fingerprint density at radius 3 is 2.80 bits per heavy atom. The molecule has 15 heavy (non-hydrogen) atoms. The zero-order valence-corrected chi connectivity index (χ0v) is 8.74. The Balaban J connectivity index is 2.87. The van der Waals surface area contributed by atoms with Crippen LogP contribution in [0.3, 0.4) is 0 Å². The molecule has 1 N–H and O–H groups in total. The van der Waals surface area contributed by atoms with Crippen molar-refractivity contribution in [2.75, 3.05) is 13.7 Å². The van der Waals surface area contributed by atoms with Crippen LogP contribution in [0.2, 0.25) is 0 Å². The van der Waals surface area contributed by atoms with Gasteiger partial charge in [-0.3, -0.25) is 9.59 Å². The summed E-state index contributed by atoms with van der Waals surface area (Å²) < 4.78 is 5.15. The summed E-state index contributed by atoms with van der Waals surface area (Å²) in [5, 5.41) is 2.54. The molecule has 0 atom stereocenters. The molecule has 0 saturated heterocycles. The lowest BCUT2D eigenvalue weighted by molar-refractivity contribution is -0.109. The number of ether oxygens (including phenoxy) is 1. The van der Waals surface area contributed by atoms with Crippen LogP contribution in [0.15, 0.2) is 18.2 Å². The Bertz CT molecular complexity index is 374. The molecule has 0 aliphatic carbocycles. The fourth-order valence-electron chi connectivity index (χ4n) is 1.22. The fourth-order valence-corrected chi connectivity index (χ4v) is 1.22. The van der Waals surface area contributed by atoms with E-state index in [2.05, 4.69) is 5.32 Å². The minimum Gasteiger partial charge on any atom is -0.486 e. The minimum absolute atomic E-state index is 0.0279. The average molecular weight is 207 g/mol. The molecule has 0 unspecified atom stereocenters. The van der Waals surface area contributed by atoms with Crippen LogP contribution < -0.4 is 10.1 Å². The molecule has 0 fully saturated rings. The first-order valence-electron chi connectivity index (χ1n) is 4.58. The van der Waals surface area contributed by atoms with E-state index in [0.29, 0.717) is 17.6 Å². The standard InChI is InChI=1S/C11H13NO3/c1-8-7-9(11(14)12-2)3-4-10(8)15-6-5-13/h3-5,7H,6H2,1-2H3,(H,12,14). The van der Waals surface area contributed by atoms with Gasteiger partial charge < -0.3 is 10.1 Å². The van der Waals surface area contributed by atoms with Crippen LogP contribution in [0.25, 0.3) is 0 Å². The second-order valence-electron chi connectivity index (χ2n) is 3.04. The second-order valence-corrected chi connectivity index (χ2v) is 3.04. The maximum Gasteiger partial charge on any atom is 0.251 e. The van der Waals surface area contributed by atoms with Crippen LogP contribution in [0.5, 0.6) is 5.75 Å². The Morgan fingerprint density at radius 1 is 1.53 bits per heavy atom. The Hall–Kier alpha value is -1.84. The van der Waals surface area contributed by atoms with Gasteiger partial charge >= 0.3 is 0 Å². The highest BCUT2D eigenvalue weighted by Gasteiger charge is 2.06. The molecule has 4 nitrogen and oxygen atoms in total. The van der Waals surface area contributed by atoms with Gasteiger partial charge in [-0.05, 0) is 30.7 Å². The van der Waals surface area contributed by atoms with Crippen LogP contribution in [0.4, 0.5) is 0 Å². The predicted molar refractivity (Wildman–Crippen MR) is 56.1 cm³/mol. The summed E-state index contributed by atoms with van der Waals surface area (Å²) in [6, 6.07) is 5.06. The molecule has 0 aliphatic rings. The second kappa shape index (κ2) is 5.14. The van der Waals surface area contributed by atoms with E-state index in [4.69, 9.17) is 4.74 Å². The van der Waals surface area contributed by atoms with Gasteiger partial charge in [0.05, 0.1) is 0 Å². The lowest BCUT2D eigenvalue weighted by Crippen LogP contribution is -2.17. The number of hydrogen-bond donors (Lipinski definition) is 1. The van der Waals surface area contributed by atoms with Gasteiger partial charge in [0, 0.05) is 12.6 Å². The van der Waals surface area contributed by atoms with Crippen molar-refractivity contribution in [1.29, 1.82) is 0 Å². The Morgan fingerprint density at radius 2 is 2.27 bits per heavy atom. The molecule has 80 valence electrons. The van der Waals surface area contributed by atoms with Gasteiger partial charge in [-0.25, -0.2) is 0 Å². The highest BCUT2D eigenvalue weighted by molar-refractivity contribution is 5.94. The number of hydrogen-bond acceptors (Lipinski definition) is 3. The first-order valence-corrected chi connectivity index (χ1v) is 4.58. The monoisotopic (exact) mass is 207 g/mol. The third-order valence-corrected chi connectivity index (χ3v) is 1.97. The molecule has 0 aliphatic heterocycles. The van der Waals surface area contributed by atoms with Crippen LogP contribution in [-0.2, 0) is 4.79 Å². The van der Waals surface area contributed by atoms with E-state index in [9.17, 15) is 9.59 Å². The first kappa shape index (κ1) is 11.2. The number of carbonyl (C=O) groups is 2. The SMILES string of the molecule is CNC(=O)c1ccc(OCC=O)c(C)c1. The molecule has 0 heterocycles. The molecule has 1 aromatic carbocycles. The van der Waals surface area contributed by atoms with E-state index in [1.807, 2.05) is 6.92 Å². The van der Waals surface area contributed by atoms with Crippen LogP contribution in [-0.4, -0.2) is 25.8 Å². The molecule has 0 radical (unpaired) electrons. The summed E-state index contributed by atoms with van der Waals surface area (Å²) in [6.07, 6.45) is 0.687. The molecule has 0 saturated carbocycles. The average Bonchev–Trinajstić information content (AvgIpc) is 2.26. The van der Waals surface area contributed by atoms with Gasteiger partial charge in [0.15, 0.2) is 6.29 Å². The Labute approximate surface area is 88.2 Å². The van der Waals surface area contributed by atoms with Crippen molar-refractivity contribution in [3.63, 3.8) is 0 Å². The maximum atomic E-state index is 11.3. The van der Waals surface area contributed by atoms with Crippen molar-refractivity contribution in [3.8, 4) is 5.75 Å². The number of nitrogens with one attached hydrogen (secondary N) is 1. The summed E-state index contributed by atoms with van der Waals surface area (Å²) >= 11 is 0. The molecule has 1 rings (SSSR count). The van der Waals surface area contributed by atoms with E-state index >= 15 is 0 Å². The zero-order chi connectivity index (χ0) is 11.3. The Kier molecular flexibility index (Phi) is 3.85. The van der Waals surface area contributed by atoms with Crippen molar-refractivity contribution in [2.24, 2.45) is 0 Å². The molecule has 1 amide bonds. The van der Waals surface area contributed by atoms with Crippen LogP contribution in [0, 0.1) is 6.92 Å². The number of rotatable bonds is 4. The molecule has 4 heteroatoms. The number of aryl methyl sites for hydroxylation is 1. The van der Waals surface area contributed by atoms with Gasteiger partial charge in [0.25, 0.3) is 5.91 Å². The first-order chi connectivity index (χ1) is 7.19. The van der Waals surface area contributed by atoms with Gasteiger partial charge in [-0.1, -0.05) is 0 Å². The van der Waals surface area contributed by atoms with Crippen molar-refractivity contribution in [3.05, 3.63) is 29.3 Å². The zero-order valence-electron chi connectivity index (χ0n) is 8.74. The number of aldehydes is 1. The van der Waals surface area contributed by atoms with E-state index in [1.54, 1.807) is 25.2 Å². The molecule has 0 aromatic heterocycles. The molecular weight excluding hydrogens is 194 g/mol. The number of carbonyl (C=O) groups excluding carboxylic acids is 2. The number of amides is 1. The third-order valence-electron chi connectivity index (χ3n) is 1.97. The molecule has 0 spiro atoms. The summed E-state index contributed by atoms with van der Waals surface area (Å²) in [7, 11) is 1.58. The summed E-state index contributed by atoms with van der Waals surface area (Å²) in [6.45, 7) is 1.85. The van der Waals surface area contributed by atoms with Crippen molar-refractivity contribution >= 4 is 12.2 Å². The van der Waals surface area contributed by atoms with Crippen molar-refractivity contribution in [1.82, 2.24) is 5.32 Å². The lowest BCUT2D eigenvalue weighted by Gasteiger charge is -2.07. The van der Waals surface area contributed by atoms with Gasteiger partial charge in [0.1, 0.15) is 12.4 Å². The summed E-state index contributed by atoms with van der Waals surface area (Å²) in [5.74, 6) is 0.481. The topological polar surface area (TPSA) is 55.4 Å². The van der Waals surface area contributed by atoms with E-state index < -0.39 is 0 Å². The van der Waals surface area contributed by atoms with Crippen LogP contribution >= 0.6 is 0 Å².